The van der Waals surface area contributed by atoms with Crippen LogP contribution in [0, 0.1) is 0 Å². The molecule has 0 bridgehead atoms. The van der Waals surface area contributed by atoms with Crippen molar-refractivity contribution in [2.24, 2.45) is 0 Å². The summed E-state index contributed by atoms with van der Waals surface area (Å²) in [7, 11) is 3.03. The topological polar surface area (TPSA) is 85.3 Å². The number of hydrogen-bond acceptors (Lipinski definition) is 6. The fourth-order valence-corrected chi connectivity index (χ4v) is 4.39. The number of nitrogens with zero attached hydrogens (tertiary/aromatic N) is 1. The van der Waals surface area contributed by atoms with E-state index in [2.05, 4.69) is 6.92 Å². The number of rotatable bonds is 9. The van der Waals surface area contributed by atoms with E-state index in [1.165, 1.54) is 19.1 Å². The second-order valence-corrected chi connectivity index (χ2v) is 8.71. The second kappa shape index (κ2) is 11.2. The monoisotopic (exact) mass is 501 g/mol. The minimum atomic E-state index is -0.858. The largest absolute Gasteiger partial charge is 0.507 e. The van der Waals surface area contributed by atoms with Gasteiger partial charge in [-0.25, -0.2) is 0 Å². The van der Waals surface area contributed by atoms with Crippen LogP contribution in [-0.2, 0) is 16.0 Å². The number of carbonyl (C=O) groups is 2. The van der Waals surface area contributed by atoms with Crippen molar-refractivity contribution in [1.29, 1.82) is 0 Å². The molecule has 7 heteroatoms. The van der Waals surface area contributed by atoms with E-state index in [1.807, 2.05) is 31.2 Å². The predicted molar refractivity (Wildman–Crippen MR) is 142 cm³/mol. The maximum absolute atomic E-state index is 13.5. The molecule has 1 unspecified atom stereocenters. The van der Waals surface area contributed by atoms with Gasteiger partial charge in [0.05, 0.1) is 38.1 Å². The molecule has 0 saturated carbocycles. The molecule has 0 aromatic heterocycles. The van der Waals surface area contributed by atoms with E-state index in [1.54, 1.807) is 42.5 Å². The molecule has 1 saturated heterocycles. The number of aliphatic hydroxyl groups excluding tert-OH is 1. The number of amides is 1. The van der Waals surface area contributed by atoms with Gasteiger partial charge in [0.25, 0.3) is 11.7 Å². The Morgan fingerprint density at radius 3 is 2.16 bits per heavy atom. The Bertz CT molecular complexity index is 1310. The maximum atomic E-state index is 13.5. The summed E-state index contributed by atoms with van der Waals surface area (Å²) in [6.07, 6.45) is 1.68. The summed E-state index contributed by atoms with van der Waals surface area (Å²) in [6, 6.07) is 18.7. The number of Topliss-reactive ketones (excluding diaryl/α,β-unsaturated/α-hetero) is 1. The third kappa shape index (κ3) is 5.16. The van der Waals surface area contributed by atoms with Crippen molar-refractivity contribution in [1.82, 2.24) is 0 Å². The van der Waals surface area contributed by atoms with Crippen LogP contribution in [0.3, 0.4) is 0 Å². The van der Waals surface area contributed by atoms with Crippen LogP contribution in [0.4, 0.5) is 5.69 Å². The molecule has 7 nitrogen and oxygen atoms in total. The molecule has 1 atom stereocenters. The van der Waals surface area contributed by atoms with Gasteiger partial charge in [0.1, 0.15) is 23.0 Å². The van der Waals surface area contributed by atoms with Crippen LogP contribution in [0.1, 0.15) is 43.0 Å². The maximum Gasteiger partial charge on any atom is 0.300 e. The van der Waals surface area contributed by atoms with Crippen LogP contribution in [0.5, 0.6) is 17.2 Å². The molecular weight excluding hydrogens is 470 g/mol. The van der Waals surface area contributed by atoms with E-state index in [0.29, 0.717) is 40.7 Å². The summed E-state index contributed by atoms with van der Waals surface area (Å²) in [4.78, 5) is 28.4. The molecule has 1 heterocycles. The summed E-state index contributed by atoms with van der Waals surface area (Å²) in [5.74, 6) is -0.276. The fraction of sp³-hybridized carbons (Fsp3) is 0.267. The summed E-state index contributed by atoms with van der Waals surface area (Å²) < 4.78 is 16.5. The van der Waals surface area contributed by atoms with Crippen LogP contribution < -0.4 is 19.1 Å². The number of hydrogen-bond donors (Lipinski definition) is 1. The summed E-state index contributed by atoms with van der Waals surface area (Å²) in [6.45, 7) is 4.58. The molecule has 4 rings (SSSR count). The van der Waals surface area contributed by atoms with Crippen LogP contribution >= 0.6 is 0 Å². The lowest BCUT2D eigenvalue weighted by molar-refractivity contribution is -0.132. The normalized spacial score (nSPS) is 16.6. The van der Waals surface area contributed by atoms with Gasteiger partial charge in [0.2, 0.25) is 0 Å². The lowest BCUT2D eigenvalue weighted by Crippen LogP contribution is -2.29. The van der Waals surface area contributed by atoms with Crippen molar-refractivity contribution in [3.63, 3.8) is 0 Å². The number of benzene rings is 3. The zero-order valence-electron chi connectivity index (χ0n) is 21.5. The van der Waals surface area contributed by atoms with E-state index in [0.717, 1.165) is 18.4 Å². The number of methoxy groups -OCH3 is 2. The van der Waals surface area contributed by atoms with E-state index in [-0.39, 0.29) is 11.3 Å². The zero-order valence-corrected chi connectivity index (χ0v) is 21.5. The quantitative estimate of drug-likeness (QED) is 0.231. The average molecular weight is 502 g/mol. The van der Waals surface area contributed by atoms with Crippen LogP contribution in [-0.4, -0.2) is 37.6 Å². The molecular formula is C30H31NO6. The van der Waals surface area contributed by atoms with Crippen molar-refractivity contribution < 1.29 is 28.9 Å². The number of carbonyl (C=O) groups excluding carboxylic acids is 2. The number of aryl methyl sites for hydroxylation is 1. The predicted octanol–water partition coefficient (Wildman–Crippen LogP) is 5.68. The highest BCUT2D eigenvalue weighted by atomic mass is 16.5. The Labute approximate surface area is 216 Å². The standard InChI is InChI=1S/C30H31NO6/c1-5-14-37-23-9-7-8-21(15-23)28(32)26-27(20-12-10-19(6-2)11-13-20)31(30(34)29(26)33)22-16-24(35-3)18-25(17-22)36-4/h7-13,15-18,27,32H,5-6,14H2,1-4H3/b28-26+. The van der Waals surface area contributed by atoms with Gasteiger partial charge in [-0.3, -0.25) is 14.5 Å². The lowest BCUT2D eigenvalue weighted by Gasteiger charge is -2.26. The zero-order chi connectivity index (χ0) is 26.5. The molecule has 1 amide bonds. The Balaban J connectivity index is 1.91. The Hall–Kier alpha value is -4.26. The number of ether oxygens (including phenoxy) is 3. The van der Waals surface area contributed by atoms with Crippen LogP contribution in [0.25, 0.3) is 5.76 Å². The average Bonchev–Trinajstić information content (AvgIpc) is 3.21. The van der Waals surface area contributed by atoms with Crippen LogP contribution in [0.2, 0.25) is 0 Å². The third-order valence-corrected chi connectivity index (χ3v) is 6.34. The van der Waals surface area contributed by atoms with Gasteiger partial charge >= 0.3 is 0 Å². The summed E-state index contributed by atoms with van der Waals surface area (Å²) >= 11 is 0. The van der Waals surface area contributed by atoms with E-state index >= 15 is 0 Å². The molecule has 37 heavy (non-hydrogen) atoms. The molecule has 3 aromatic rings. The minimum absolute atomic E-state index is 0.00340. The number of aliphatic hydroxyl groups is 1. The van der Waals surface area contributed by atoms with Gasteiger partial charge in [-0.05, 0) is 36.1 Å². The van der Waals surface area contributed by atoms with Crippen molar-refractivity contribution in [2.45, 2.75) is 32.7 Å². The van der Waals surface area contributed by atoms with Crippen molar-refractivity contribution in [3.8, 4) is 17.2 Å². The Morgan fingerprint density at radius 2 is 1.57 bits per heavy atom. The van der Waals surface area contributed by atoms with Gasteiger partial charge in [0, 0.05) is 23.8 Å². The minimum Gasteiger partial charge on any atom is -0.507 e. The van der Waals surface area contributed by atoms with Crippen molar-refractivity contribution in [2.75, 3.05) is 25.7 Å². The molecule has 0 radical (unpaired) electrons. The first-order valence-electron chi connectivity index (χ1n) is 12.3. The Morgan fingerprint density at radius 1 is 0.892 bits per heavy atom. The number of ketones is 1. The molecule has 1 fully saturated rings. The highest BCUT2D eigenvalue weighted by Crippen LogP contribution is 2.44. The van der Waals surface area contributed by atoms with Crippen LogP contribution in [0.15, 0.2) is 72.3 Å². The van der Waals surface area contributed by atoms with Gasteiger partial charge in [0.15, 0.2) is 0 Å². The molecule has 0 spiro atoms. The highest BCUT2D eigenvalue weighted by Gasteiger charge is 2.47. The Kier molecular flexibility index (Phi) is 7.82. The molecule has 1 aliphatic rings. The number of anilines is 1. The van der Waals surface area contributed by atoms with Gasteiger partial charge in [-0.1, -0.05) is 50.2 Å². The second-order valence-electron chi connectivity index (χ2n) is 8.71. The van der Waals surface area contributed by atoms with E-state index < -0.39 is 17.7 Å². The summed E-state index contributed by atoms with van der Waals surface area (Å²) in [5.41, 5.74) is 2.62. The molecule has 3 aromatic carbocycles. The SMILES string of the molecule is CCCOc1cccc(/C(O)=C2\C(=O)C(=O)N(c3cc(OC)cc(OC)c3)C2c2ccc(CC)cc2)c1. The first-order valence-corrected chi connectivity index (χ1v) is 12.3. The van der Waals surface area contributed by atoms with Gasteiger partial charge < -0.3 is 19.3 Å². The molecule has 1 aliphatic heterocycles. The van der Waals surface area contributed by atoms with Gasteiger partial charge in [-0.2, -0.15) is 0 Å². The highest BCUT2D eigenvalue weighted by molar-refractivity contribution is 6.51. The first kappa shape index (κ1) is 25.8. The molecule has 1 N–H and O–H groups in total. The van der Waals surface area contributed by atoms with E-state index in [4.69, 9.17) is 14.2 Å². The lowest BCUT2D eigenvalue weighted by atomic mass is 9.94. The first-order chi connectivity index (χ1) is 17.9. The smallest absolute Gasteiger partial charge is 0.300 e. The third-order valence-electron chi connectivity index (χ3n) is 6.34. The fourth-order valence-electron chi connectivity index (χ4n) is 4.39. The van der Waals surface area contributed by atoms with Crippen molar-refractivity contribution >= 4 is 23.1 Å². The van der Waals surface area contributed by atoms with Gasteiger partial charge in [-0.15, -0.1) is 0 Å². The van der Waals surface area contributed by atoms with Crippen molar-refractivity contribution in [3.05, 3.63) is 89.0 Å². The summed E-state index contributed by atoms with van der Waals surface area (Å²) in [5, 5.41) is 11.4. The molecule has 0 aliphatic carbocycles. The molecule has 192 valence electrons. The van der Waals surface area contributed by atoms with E-state index in [9.17, 15) is 14.7 Å².